The van der Waals surface area contributed by atoms with Gasteiger partial charge in [-0.15, -0.1) is 0 Å². The zero-order valence-electron chi connectivity index (χ0n) is 19.3. The summed E-state index contributed by atoms with van der Waals surface area (Å²) in [7, 11) is 0. The maximum absolute atomic E-state index is 13.1. The average Bonchev–Trinajstić information content (AvgIpc) is 3.63. The van der Waals surface area contributed by atoms with E-state index in [1.165, 1.54) is 12.8 Å². The van der Waals surface area contributed by atoms with Crippen LogP contribution in [-0.2, 0) is 0 Å². The molecule has 1 amide bonds. The SMILES string of the molecule is CC(C)[C@H]1CC[C@H](NC(=O)c2cnc(Nc3ccc4cnccc4n3)cc2NC2CC2)CC1. The van der Waals surface area contributed by atoms with Crippen molar-refractivity contribution in [1.29, 1.82) is 0 Å². The highest BCUT2D eigenvalue weighted by molar-refractivity contribution is 6.00. The molecule has 3 N–H and O–H groups in total. The molecule has 33 heavy (non-hydrogen) atoms. The maximum Gasteiger partial charge on any atom is 0.255 e. The van der Waals surface area contributed by atoms with Crippen LogP contribution in [-0.4, -0.2) is 32.9 Å². The molecule has 7 nitrogen and oxygen atoms in total. The van der Waals surface area contributed by atoms with Crippen molar-refractivity contribution in [3.8, 4) is 0 Å². The van der Waals surface area contributed by atoms with Crippen molar-refractivity contribution < 1.29 is 4.79 Å². The maximum atomic E-state index is 13.1. The molecule has 0 radical (unpaired) electrons. The minimum absolute atomic E-state index is 0.0403. The van der Waals surface area contributed by atoms with Gasteiger partial charge in [0.15, 0.2) is 0 Å². The van der Waals surface area contributed by atoms with E-state index in [9.17, 15) is 4.79 Å². The molecule has 3 heterocycles. The Kier molecular flexibility index (Phi) is 6.11. The lowest BCUT2D eigenvalue weighted by Gasteiger charge is -2.31. The second kappa shape index (κ2) is 9.33. The number of fused-ring (bicyclic) bond motifs is 1. The molecule has 0 unspecified atom stereocenters. The number of aromatic nitrogens is 3. The van der Waals surface area contributed by atoms with Gasteiger partial charge in [0.1, 0.15) is 11.6 Å². The molecule has 7 heteroatoms. The van der Waals surface area contributed by atoms with Crippen LogP contribution >= 0.6 is 0 Å². The lowest BCUT2D eigenvalue weighted by molar-refractivity contribution is 0.0918. The van der Waals surface area contributed by atoms with E-state index in [4.69, 9.17) is 0 Å². The van der Waals surface area contributed by atoms with Crippen molar-refractivity contribution in [2.45, 2.75) is 64.5 Å². The van der Waals surface area contributed by atoms with Crippen LogP contribution in [0.25, 0.3) is 10.9 Å². The summed E-state index contributed by atoms with van der Waals surface area (Å²) >= 11 is 0. The minimum Gasteiger partial charge on any atom is -0.382 e. The lowest BCUT2D eigenvalue weighted by Crippen LogP contribution is -2.38. The van der Waals surface area contributed by atoms with Crippen LogP contribution < -0.4 is 16.0 Å². The van der Waals surface area contributed by atoms with Gasteiger partial charge >= 0.3 is 0 Å². The highest BCUT2D eigenvalue weighted by atomic mass is 16.1. The van der Waals surface area contributed by atoms with Gasteiger partial charge in [-0.05, 0) is 68.6 Å². The van der Waals surface area contributed by atoms with Crippen molar-refractivity contribution in [3.63, 3.8) is 0 Å². The van der Waals surface area contributed by atoms with Crippen molar-refractivity contribution in [3.05, 3.63) is 48.4 Å². The molecule has 0 aromatic carbocycles. The summed E-state index contributed by atoms with van der Waals surface area (Å²) in [6.07, 6.45) is 11.9. The van der Waals surface area contributed by atoms with Gasteiger partial charge in [0.2, 0.25) is 0 Å². The van der Waals surface area contributed by atoms with Gasteiger partial charge in [-0.3, -0.25) is 9.78 Å². The second-order valence-electron chi connectivity index (χ2n) is 9.75. The topological polar surface area (TPSA) is 91.8 Å². The van der Waals surface area contributed by atoms with Crippen LogP contribution in [0.15, 0.2) is 42.9 Å². The molecule has 0 atom stereocenters. The number of hydrogen-bond acceptors (Lipinski definition) is 6. The van der Waals surface area contributed by atoms with Crippen LogP contribution in [0.1, 0.15) is 62.7 Å². The Balaban J connectivity index is 1.30. The number of nitrogens with zero attached hydrogens (tertiary/aromatic N) is 3. The van der Waals surface area contributed by atoms with Crippen LogP contribution in [0, 0.1) is 11.8 Å². The van der Waals surface area contributed by atoms with E-state index in [1.54, 1.807) is 18.6 Å². The van der Waals surface area contributed by atoms with Gasteiger partial charge in [0.05, 0.1) is 16.8 Å². The molecule has 172 valence electrons. The van der Waals surface area contributed by atoms with Crippen LogP contribution in [0.4, 0.5) is 17.3 Å². The summed E-state index contributed by atoms with van der Waals surface area (Å²) in [6, 6.07) is 8.37. The number of nitrogens with one attached hydrogen (secondary N) is 3. The standard InChI is InChI=1S/C26H32N6O/c1-16(2)17-3-6-20(7-4-17)30-26(33)21-15-28-25(13-23(21)29-19-8-9-19)32-24-10-5-18-14-27-12-11-22(18)31-24/h5,10-17,19-20H,3-4,6-9H2,1-2H3,(H,30,33)(H2,28,29,31,32)/t17-,20-. The molecule has 0 bridgehead atoms. The molecular weight excluding hydrogens is 412 g/mol. The van der Waals surface area contributed by atoms with Gasteiger partial charge in [0.25, 0.3) is 5.91 Å². The molecule has 0 aliphatic heterocycles. The zero-order chi connectivity index (χ0) is 22.8. The fourth-order valence-corrected chi connectivity index (χ4v) is 4.63. The third-order valence-corrected chi connectivity index (χ3v) is 6.88. The van der Waals surface area contributed by atoms with Gasteiger partial charge in [0, 0.05) is 42.1 Å². The molecule has 3 aromatic heterocycles. The average molecular weight is 445 g/mol. The molecule has 2 aliphatic carbocycles. The highest BCUT2D eigenvalue weighted by Crippen LogP contribution is 2.31. The monoisotopic (exact) mass is 444 g/mol. The normalized spacial score (nSPS) is 20.6. The molecule has 2 aliphatic rings. The zero-order valence-corrected chi connectivity index (χ0v) is 19.3. The van der Waals surface area contributed by atoms with E-state index in [1.807, 2.05) is 24.3 Å². The minimum atomic E-state index is -0.0403. The summed E-state index contributed by atoms with van der Waals surface area (Å²) in [5.41, 5.74) is 2.30. The van der Waals surface area contributed by atoms with E-state index in [0.717, 1.165) is 48.2 Å². The Hall–Kier alpha value is -3.22. The Morgan fingerprint density at radius 3 is 2.52 bits per heavy atom. The van der Waals surface area contributed by atoms with Crippen molar-refractivity contribution in [1.82, 2.24) is 20.3 Å². The molecule has 3 aromatic rings. The van der Waals surface area contributed by atoms with Crippen LogP contribution in [0.3, 0.4) is 0 Å². The first-order valence-corrected chi connectivity index (χ1v) is 12.1. The number of hydrogen-bond donors (Lipinski definition) is 3. The predicted molar refractivity (Wildman–Crippen MR) is 132 cm³/mol. The second-order valence-corrected chi connectivity index (χ2v) is 9.75. The van der Waals surface area contributed by atoms with Crippen molar-refractivity contribution >= 4 is 34.1 Å². The molecule has 5 rings (SSSR count). The third kappa shape index (κ3) is 5.24. The van der Waals surface area contributed by atoms with E-state index >= 15 is 0 Å². The van der Waals surface area contributed by atoms with Gasteiger partial charge < -0.3 is 16.0 Å². The summed E-state index contributed by atoms with van der Waals surface area (Å²) in [5, 5.41) is 11.0. The first-order valence-electron chi connectivity index (χ1n) is 12.1. The van der Waals surface area contributed by atoms with Gasteiger partial charge in [-0.2, -0.15) is 0 Å². The number of rotatable bonds is 7. The van der Waals surface area contributed by atoms with E-state index in [-0.39, 0.29) is 11.9 Å². The number of pyridine rings is 3. The first-order chi connectivity index (χ1) is 16.0. The van der Waals surface area contributed by atoms with E-state index < -0.39 is 0 Å². The molecular formula is C26H32N6O. The quantitative estimate of drug-likeness (QED) is 0.459. The number of carbonyl (C=O) groups is 1. The smallest absolute Gasteiger partial charge is 0.255 e. The van der Waals surface area contributed by atoms with Crippen LogP contribution in [0.2, 0.25) is 0 Å². The van der Waals surface area contributed by atoms with Gasteiger partial charge in [-0.25, -0.2) is 9.97 Å². The Bertz CT molecular complexity index is 1130. The fraction of sp³-hybridized carbons (Fsp3) is 0.462. The Labute approximate surface area is 194 Å². The van der Waals surface area contributed by atoms with Crippen molar-refractivity contribution in [2.24, 2.45) is 11.8 Å². The Morgan fingerprint density at radius 1 is 0.970 bits per heavy atom. The highest BCUT2D eigenvalue weighted by Gasteiger charge is 2.27. The summed E-state index contributed by atoms with van der Waals surface area (Å²) in [4.78, 5) is 26.4. The summed E-state index contributed by atoms with van der Waals surface area (Å²) in [5.74, 6) is 2.82. The molecule has 0 saturated heterocycles. The van der Waals surface area contributed by atoms with E-state index in [0.29, 0.717) is 29.2 Å². The Morgan fingerprint density at radius 2 is 1.76 bits per heavy atom. The number of amides is 1. The number of anilines is 3. The van der Waals surface area contributed by atoms with Crippen molar-refractivity contribution in [2.75, 3.05) is 10.6 Å². The fourth-order valence-electron chi connectivity index (χ4n) is 4.63. The summed E-state index contributed by atoms with van der Waals surface area (Å²) in [6.45, 7) is 4.59. The first kappa shape index (κ1) is 21.6. The summed E-state index contributed by atoms with van der Waals surface area (Å²) < 4.78 is 0. The van der Waals surface area contributed by atoms with Gasteiger partial charge in [-0.1, -0.05) is 13.8 Å². The lowest BCUT2D eigenvalue weighted by atomic mass is 9.79. The molecule has 2 fully saturated rings. The predicted octanol–water partition coefficient (Wildman–Crippen LogP) is 5.29. The van der Waals surface area contributed by atoms with Crippen LogP contribution in [0.5, 0.6) is 0 Å². The third-order valence-electron chi connectivity index (χ3n) is 6.88. The van der Waals surface area contributed by atoms with E-state index in [2.05, 4.69) is 44.7 Å². The number of carbonyl (C=O) groups excluding carboxylic acids is 1. The molecule has 2 saturated carbocycles. The largest absolute Gasteiger partial charge is 0.382 e. The molecule has 0 spiro atoms.